The van der Waals surface area contributed by atoms with Crippen molar-refractivity contribution in [1.82, 2.24) is 5.32 Å². The third kappa shape index (κ3) is 3.81. The average Bonchev–Trinajstić information content (AvgIpc) is 2.87. The number of phenols is 1. The maximum absolute atomic E-state index is 11.7. The fraction of sp³-hybridized carbons (Fsp3) is 0. The van der Waals surface area contributed by atoms with Crippen LogP contribution < -0.4 is 5.32 Å². The third-order valence-corrected chi connectivity index (χ3v) is 4.55. The van der Waals surface area contributed by atoms with Crippen LogP contribution in [-0.4, -0.2) is 15.3 Å². The van der Waals surface area contributed by atoms with E-state index >= 15 is 0 Å². The molecule has 1 fully saturated rings. The molecule has 1 saturated heterocycles. The zero-order valence-electron chi connectivity index (χ0n) is 12.1. The number of rotatable bonds is 3. The van der Waals surface area contributed by atoms with E-state index in [0.717, 1.165) is 11.8 Å². The molecule has 0 spiro atoms. The van der Waals surface area contributed by atoms with Crippen LogP contribution in [0.2, 0.25) is 5.02 Å². The van der Waals surface area contributed by atoms with E-state index in [2.05, 4.69) is 15.5 Å². The Kier molecular flexibility index (Phi) is 4.94. The first-order valence-corrected chi connectivity index (χ1v) is 8.37. The summed E-state index contributed by atoms with van der Waals surface area (Å²) >= 11 is 12.1. The molecule has 2 N–H and O–H groups in total. The minimum Gasteiger partial charge on any atom is -0.507 e. The molecular weight excluding hydrogens is 366 g/mol. The van der Waals surface area contributed by atoms with Crippen molar-refractivity contribution in [3.05, 3.63) is 58.0 Å². The van der Waals surface area contributed by atoms with Crippen LogP contribution in [0.4, 0.5) is 11.4 Å². The molecule has 0 aliphatic carbocycles. The molecule has 1 aliphatic rings. The van der Waals surface area contributed by atoms with Crippen LogP contribution >= 0.6 is 35.6 Å². The molecule has 0 saturated carbocycles. The molecular formula is C16H10ClN3O2S2. The smallest absolute Gasteiger partial charge is 0.263 e. The molecule has 2 aromatic carbocycles. The molecule has 1 aliphatic heterocycles. The number of phenolic OH excluding ortho intramolecular Hbond substituents is 1. The Hall–Kier alpha value is -2.22. The van der Waals surface area contributed by atoms with E-state index in [1.165, 1.54) is 6.07 Å². The fourth-order valence-corrected chi connectivity index (χ4v) is 3.14. The summed E-state index contributed by atoms with van der Waals surface area (Å²) in [5, 5.41) is 21.2. The van der Waals surface area contributed by atoms with Gasteiger partial charge in [-0.05, 0) is 36.4 Å². The van der Waals surface area contributed by atoms with Crippen LogP contribution in [0.1, 0.15) is 5.56 Å². The summed E-state index contributed by atoms with van der Waals surface area (Å²) < 4.78 is 0.389. The molecule has 0 radical (unpaired) electrons. The van der Waals surface area contributed by atoms with Gasteiger partial charge in [-0.3, -0.25) is 4.79 Å². The first kappa shape index (κ1) is 16.6. The summed E-state index contributed by atoms with van der Waals surface area (Å²) in [6.07, 6.45) is 1.56. The quantitative estimate of drug-likeness (QED) is 0.452. The summed E-state index contributed by atoms with van der Waals surface area (Å²) in [5.41, 5.74) is 1.52. The first-order chi connectivity index (χ1) is 11.5. The monoisotopic (exact) mass is 375 g/mol. The van der Waals surface area contributed by atoms with Gasteiger partial charge >= 0.3 is 0 Å². The van der Waals surface area contributed by atoms with Crippen molar-refractivity contribution < 1.29 is 9.90 Å². The Morgan fingerprint density at radius 2 is 2.00 bits per heavy atom. The number of azo groups is 1. The molecule has 8 heteroatoms. The van der Waals surface area contributed by atoms with Crippen LogP contribution in [0.3, 0.4) is 0 Å². The Morgan fingerprint density at radius 3 is 2.71 bits per heavy atom. The lowest BCUT2D eigenvalue weighted by Gasteiger charge is -2.01. The van der Waals surface area contributed by atoms with Crippen molar-refractivity contribution >= 4 is 63.3 Å². The molecule has 0 aromatic heterocycles. The van der Waals surface area contributed by atoms with Gasteiger partial charge in [0.05, 0.1) is 15.6 Å². The van der Waals surface area contributed by atoms with Gasteiger partial charge in [-0.2, -0.15) is 5.11 Å². The zero-order valence-corrected chi connectivity index (χ0v) is 14.5. The topological polar surface area (TPSA) is 74.0 Å². The average molecular weight is 376 g/mol. The number of nitrogens with one attached hydrogen (secondary N) is 1. The largest absolute Gasteiger partial charge is 0.507 e. The molecule has 0 bridgehead atoms. The molecule has 1 heterocycles. The standard InChI is InChI=1S/C16H10ClN3O2S2/c17-11-3-1-2-4-12(11)20-19-10-5-6-13(21)9(7-10)8-14-15(22)18-16(23)24-14/h1-8,21H,(H,18,22,23)/b14-8+,20-19?. The van der Waals surface area contributed by atoms with E-state index in [0.29, 0.717) is 31.2 Å². The van der Waals surface area contributed by atoms with Gasteiger partial charge in [0, 0.05) is 5.56 Å². The van der Waals surface area contributed by atoms with E-state index in [-0.39, 0.29) is 11.7 Å². The van der Waals surface area contributed by atoms with Gasteiger partial charge in [-0.25, -0.2) is 0 Å². The van der Waals surface area contributed by atoms with Crippen molar-refractivity contribution in [2.45, 2.75) is 0 Å². The van der Waals surface area contributed by atoms with Crippen molar-refractivity contribution in [2.24, 2.45) is 10.2 Å². The second kappa shape index (κ2) is 7.12. The van der Waals surface area contributed by atoms with E-state index in [1.807, 2.05) is 6.07 Å². The highest BCUT2D eigenvalue weighted by atomic mass is 35.5. The highest BCUT2D eigenvalue weighted by Crippen LogP contribution is 2.32. The maximum Gasteiger partial charge on any atom is 0.263 e. The number of thioether (sulfide) groups is 1. The lowest BCUT2D eigenvalue weighted by molar-refractivity contribution is -0.115. The Labute approximate surface area is 152 Å². The number of aromatic hydroxyl groups is 1. The number of hydrogen-bond acceptors (Lipinski definition) is 6. The highest BCUT2D eigenvalue weighted by Gasteiger charge is 2.22. The van der Waals surface area contributed by atoms with Gasteiger partial charge in [-0.15, -0.1) is 5.11 Å². The summed E-state index contributed by atoms with van der Waals surface area (Å²) in [6.45, 7) is 0. The second-order valence-corrected chi connectivity index (χ2v) is 6.87. The molecule has 24 heavy (non-hydrogen) atoms. The van der Waals surface area contributed by atoms with E-state index in [1.54, 1.807) is 36.4 Å². The Morgan fingerprint density at radius 1 is 1.21 bits per heavy atom. The van der Waals surface area contributed by atoms with Crippen LogP contribution in [-0.2, 0) is 4.79 Å². The van der Waals surface area contributed by atoms with Crippen molar-refractivity contribution in [3.63, 3.8) is 0 Å². The van der Waals surface area contributed by atoms with Crippen molar-refractivity contribution in [2.75, 3.05) is 0 Å². The van der Waals surface area contributed by atoms with E-state index in [4.69, 9.17) is 23.8 Å². The number of benzene rings is 2. The van der Waals surface area contributed by atoms with Crippen molar-refractivity contribution in [1.29, 1.82) is 0 Å². The molecule has 5 nitrogen and oxygen atoms in total. The van der Waals surface area contributed by atoms with Crippen LogP contribution in [0.5, 0.6) is 5.75 Å². The summed E-state index contributed by atoms with van der Waals surface area (Å²) in [7, 11) is 0. The second-order valence-electron chi connectivity index (χ2n) is 4.75. The summed E-state index contributed by atoms with van der Waals surface area (Å²) in [4.78, 5) is 12.1. The number of halogens is 1. The number of amides is 1. The zero-order chi connectivity index (χ0) is 17.1. The van der Waals surface area contributed by atoms with E-state index < -0.39 is 0 Å². The van der Waals surface area contributed by atoms with Crippen LogP contribution in [0.15, 0.2) is 57.6 Å². The van der Waals surface area contributed by atoms with Crippen LogP contribution in [0.25, 0.3) is 6.08 Å². The lowest BCUT2D eigenvalue weighted by Crippen LogP contribution is -2.17. The molecule has 0 unspecified atom stereocenters. The number of thiocarbonyl (C=S) groups is 1. The fourth-order valence-electron chi connectivity index (χ4n) is 1.93. The first-order valence-electron chi connectivity index (χ1n) is 6.77. The van der Waals surface area contributed by atoms with Crippen LogP contribution in [0, 0.1) is 0 Å². The van der Waals surface area contributed by atoms with E-state index in [9.17, 15) is 9.90 Å². The third-order valence-electron chi connectivity index (χ3n) is 3.07. The maximum atomic E-state index is 11.7. The molecule has 1 amide bonds. The predicted molar refractivity (Wildman–Crippen MR) is 100 cm³/mol. The number of nitrogens with zero attached hydrogens (tertiary/aromatic N) is 2. The van der Waals surface area contributed by atoms with Gasteiger partial charge in [-0.1, -0.05) is 47.7 Å². The van der Waals surface area contributed by atoms with Gasteiger partial charge in [0.25, 0.3) is 5.91 Å². The molecule has 120 valence electrons. The normalized spacial score (nSPS) is 16.1. The number of hydrogen-bond donors (Lipinski definition) is 2. The van der Waals surface area contributed by atoms with Gasteiger partial charge in [0.15, 0.2) is 0 Å². The van der Waals surface area contributed by atoms with Gasteiger partial charge < -0.3 is 10.4 Å². The molecule has 0 atom stereocenters. The highest BCUT2D eigenvalue weighted by molar-refractivity contribution is 8.26. The molecule has 3 rings (SSSR count). The molecule has 2 aromatic rings. The minimum atomic E-state index is -0.285. The Balaban J connectivity index is 1.90. The Bertz CT molecular complexity index is 897. The number of carbonyl (C=O) groups is 1. The summed E-state index contributed by atoms with van der Waals surface area (Å²) in [6, 6.07) is 11.8. The minimum absolute atomic E-state index is 0.0328. The lowest BCUT2D eigenvalue weighted by atomic mass is 10.1. The predicted octanol–water partition coefficient (Wildman–Crippen LogP) is 4.95. The SMILES string of the molecule is O=C1NC(=S)S/C1=C/c1cc(N=Nc2ccccc2Cl)ccc1O. The van der Waals surface area contributed by atoms with Gasteiger partial charge in [0.2, 0.25) is 0 Å². The van der Waals surface area contributed by atoms with Gasteiger partial charge in [0.1, 0.15) is 15.8 Å². The number of carbonyl (C=O) groups excluding carboxylic acids is 1. The summed E-state index contributed by atoms with van der Waals surface area (Å²) in [5.74, 6) is -0.252. The van der Waals surface area contributed by atoms with Crippen molar-refractivity contribution in [3.8, 4) is 5.75 Å².